The molecule has 2 heterocycles. The first kappa shape index (κ1) is 31.4. The highest BCUT2D eigenvalue weighted by Crippen LogP contribution is 2.33. The lowest BCUT2D eigenvalue weighted by atomic mass is 10.1. The third kappa shape index (κ3) is 8.25. The van der Waals surface area contributed by atoms with E-state index in [-0.39, 0.29) is 41.0 Å². The van der Waals surface area contributed by atoms with Crippen molar-refractivity contribution in [3.8, 4) is 17.6 Å². The Kier molecular flexibility index (Phi) is 8.66. The van der Waals surface area contributed by atoms with Crippen molar-refractivity contribution in [2.45, 2.75) is 42.9 Å². The summed E-state index contributed by atoms with van der Waals surface area (Å²) in [6.07, 6.45) is -8.18. The van der Waals surface area contributed by atoms with Crippen molar-refractivity contribution < 1.29 is 47.9 Å². The molecule has 1 saturated heterocycles. The number of sulfone groups is 2. The first-order chi connectivity index (χ1) is 19.4. The monoisotopic (exact) mass is 637 g/mol. The molecular formula is C26H25F6N3O5S2. The number of fused-ring (bicyclic) bond motifs is 1. The van der Waals surface area contributed by atoms with Crippen LogP contribution in [0.5, 0.6) is 5.75 Å². The van der Waals surface area contributed by atoms with Crippen LogP contribution >= 0.6 is 0 Å². The molecule has 1 aromatic heterocycles. The van der Waals surface area contributed by atoms with Crippen LogP contribution in [0.25, 0.3) is 10.9 Å². The zero-order valence-corrected chi connectivity index (χ0v) is 23.6. The molecule has 0 bridgehead atoms. The third-order valence-electron chi connectivity index (χ3n) is 6.39. The van der Waals surface area contributed by atoms with Gasteiger partial charge in [0.05, 0.1) is 39.8 Å². The summed E-state index contributed by atoms with van der Waals surface area (Å²) in [4.78, 5) is -0.408. The van der Waals surface area contributed by atoms with Crippen molar-refractivity contribution in [1.29, 1.82) is 0 Å². The second-order valence-electron chi connectivity index (χ2n) is 9.67. The molecule has 1 aliphatic rings. The molecule has 0 radical (unpaired) electrons. The maximum absolute atomic E-state index is 13.5. The van der Waals surface area contributed by atoms with Crippen LogP contribution < -0.4 is 15.4 Å². The van der Waals surface area contributed by atoms with Crippen molar-refractivity contribution in [2.75, 3.05) is 34.9 Å². The zero-order chi connectivity index (χ0) is 30.9. The normalized spacial score (nSPS) is 16.1. The van der Waals surface area contributed by atoms with E-state index in [9.17, 15) is 43.2 Å². The SMILES string of the molecule is CS(=O)(=O)c1ccc(NCC#Cc2cc3c(NC4CCS(=O)(=O)CC4)cccc3n2CC(F)(F)F)c(OC(F)(F)F)c1. The fourth-order valence-corrected chi connectivity index (χ4v) is 6.61. The van der Waals surface area contributed by atoms with Crippen LogP contribution in [0.4, 0.5) is 37.7 Å². The molecule has 0 spiro atoms. The number of aromatic nitrogens is 1. The van der Waals surface area contributed by atoms with Gasteiger partial charge >= 0.3 is 12.5 Å². The van der Waals surface area contributed by atoms with Gasteiger partial charge < -0.3 is 19.9 Å². The van der Waals surface area contributed by atoms with E-state index < -0.39 is 49.4 Å². The second kappa shape index (κ2) is 11.6. The van der Waals surface area contributed by atoms with Crippen molar-refractivity contribution in [1.82, 2.24) is 4.57 Å². The average molecular weight is 638 g/mol. The standard InChI is InChI=1S/C26H25F6N3O5S2/c1-41(36,37)19-7-8-22(24(15-19)40-26(30,31)32)33-11-3-4-18-14-20-21(34-17-9-12-42(38,39)13-10-17)5-2-6-23(20)35(18)16-25(27,28)29/h2,5-8,14-15,17,33-34H,9-13,16H2,1H3. The largest absolute Gasteiger partial charge is 0.573 e. The molecule has 4 rings (SSSR count). The fourth-order valence-electron chi connectivity index (χ4n) is 4.48. The average Bonchev–Trinajstić information content (AvgIpc) is 3.19. The van der Waals surface area contributed by atoms with Crippen molar-refractivity contribution >= 4 is 42.0 Å². The Bertz CT molecular complexity index is 1740. The van der Waals surface area contributed by atoms with Crippen LogP contribution in [0.1, 0.15) is 18.5 Å². The highest BCUT2D eigenvalue weighted by Gasteiger charge is 2.33. The van der Waals surface area contributed by atoms with E-state index in [1.165, 1.54) is 12.1 Å². The molecule has 228 valence electrons. The molecule has 2 N–H and O–H groups in total. The predicted octanol–water partition coefficient (Wildman–Crippen LogP) is 4.96. The first-order valence-electron chi connectivity index (χ1n) is 12.4. The summed E-state index contributed by atoms with van der Waals surface area (Å²) in [5, 5.41) is 6.23. The summed E-state index contributed by atoms with van der Waals surface area (Å²) >= 11 is 0. The smallest absolute Gasteiger partial charge is 0.404 e. The lowest BCUT2D eigenvalue weighted by Gasteiger charge is -2.24. The molecule has 0 saturated carbocycles. The number of hydrogen-bond donors (Lipinski definition) is 2. The van der Waals surface area contributed by atoms with Gasteiger partial charge in [0.2, 0.25) is 0 Å². The number of hydrogen-bond acceptors (Lipinski definition) is 7. The summed E-state index contributed by atoms with van der Waals surface area (Å²) < 4.78 is 131. The molecular weight excluding hydrogens is 612 g/mol. The maximum atomic E-state index is 13.5. The number of nitrogens with zero attached hydrogens (tertiary/aromatic N) is 1. The number of halogens is 6. The molecule has 2 aromatic carbocycles. The third-order valence-corrected chi connectivity index (χ3v) is 9.21. The predicted molar refractivity (Wildman–Crippen MR) is 145 cm³/mol. The van der Waals surface area contributed by atoms with E-state index >= 15 is 0 Å². The van der Waals surface area contributed by atoms with E-state index in [4.69, 9.17) is 0 Å². The molecule has 0 aliphatic carbocycles. The fraction of sp³-hybridized carbons (Fsp3) is 0.385. The minimum absolute atomic E-state index is 0.00611. The molecule has 1 fully saturated rings. The van der Waals surface area contributed by atoms with E-state index in [0.29, 0.717) is 30.0 Å². The Morgan fingerprint density at radius 2 is 1.71 bits per heavy atom. The zero-order valence-electron chi connectivity index (χ0n) is 21.9. The highest BCUT2D eigenvalue weighted by atomic mass is 32.2. The summed E-state index contributed by atoms with van der Waals surface area (Å²) in [7, 11) is -6.95. The Hall–Kier alpha value is -3.58. The van der Waals surface area contributed by atoms with Crippen LogP contribution in [-0.2, 0) is 26.2 Å². The summed E-state index contributed by atoms with van der Waals surface area (Å²) in [6.45, 7) is -1.67. The number of benzene rings is 2. The summed E-state index contributed by atoms with van der Waals surface area (Å²) in [5.74, 6) is 4.41. The van der Waals surface area contributed by atoms with E-state index in [2.05, 4.69) is 27.2 Å². The van der Waals surface area contributed by atoms with E-state index in [0.717, 1.165) is 23.0 Å². The highest BCUT2D eigenvalue weighted by molar-refractivity contribution is 7.91. The minimum atomic E-state index is -5.12. The van der Waals surface area contributed by atoms with Gasteiger partial charge in [-0.3, -0.25) is 0 Å². The van der Waals surface area contributed by atoms with Crippen molar-refractivity contribution in [3.63, 3.8) is 0 Å². The minimum Gasteiger partial charge on any atom is -0.404 e. The van der Waals surface area contributed by atoms with Crippen molar-refractivity contribution in [3.05, 3.63) is 48.2 Å². The van der Waals surface area contributed by atoms with E-state index in [1.807, 2.05) is 0 Å². The van der Waals surface area contributed by atoms with E-state index in [1.54, 1.807) is 12.1 Å². The Balaban J connectivity index is 1.62. The van der Waals surface area contributed by atoms with Gasteiger partial charge in [-0.25, -0.2) is 16.8 Å². The second-order valence-corrected chi connectivity index (χ2v) is 14.0. The summed E-state index contributed by atoms with van der Waals surface area (Å²) in [5.41, 5.74) is 0.503. The van der Waals surface area contributed by atoms with Gasteiger partial charge in [-0.1, -0.05) is 12.0 Å². The quantitative estimate of drug-likeness (QED) is 0.279. The van der Waals surface area contributed by atoms with Crippen LogP contribution in [0, 0.1) is 11.8 Å². The number of nitrogens with one attached hydrogen (secondary N) is 2. The lowest BCUT2D eigenvalue weighted by molar-refractivity contribution is -0.274. The van der Waals surface area contributed by atoms with Gasteiger partial charge in [0.25, 0.3) is 0 Å². The van der Waals surface area contributed by atoms with Crippen molar-refractivity contribution in [2.24, 2.45) is 0 Å². The van der Waals surface area contributed by atoms with Crippen LogP contribution in [0.3, 0.4) is 0 Å². The molecule has 16 heteroatoms. The summed E-state index contributed by atoms with van der Waals surface area (Å²) in [6, 6.07) is 8.84. The number of alkyl halides is 6. The van der Waals surface area contributed by atoms with Crippen LogP contribution in [0.15, 0.2) is 47.4 Å². The molecule has 1 aliphatic heterocycles. The molecule has 42 heavy (non-hydrogen) atoms. The first-order valence-corrected chi connectivity index (χ1v) is 16.1. The maximum Gasteiger partial charge on any atom is 0.573 e. The van der Waals surface area contributed by atoms with Gasteiger partial charge in [-0.2, -0.15) is 13.2 Å². The number of anilines is 2. The number of ether oxygens (including phenoxy) is 1. The molecule has 8 nitrogen and oxygen atoms in total. The topological polar surface area (TPSA) is 107 Å². The van der Waals surface area contributed by atoms with Gasteiger partial charge in [0.1, 0.15) is 16.4 Å². The van der Waals surface area contributed by atoms with Crippen LogP contribution in [0.2, 0.25) is 0 Å². The molecule has 3 aromatic rings. The molecule has 0 unspecified atom stereocenters. The molecule has 0 amide bonds. The Morgan fingerprint density at radius 1 is 1.02 bits per heavy atom. The van der Waals surface area contributed by atoms with Gasteiger partial charge in [0, 0.05) is 29.4 Å². The molecule has 0 atom stereocenters. The van der Waals surface area contributed by atoms with Gasteiger partial charge in [-0.05, 0) is 49.1 Å². The number of rotatable bonds is 7. The Morgan fingerprint density at radius 3 is 2.33 bits per heavy atom. The van der Waals surface area contributed by atoms with Crippen LogP contribution in [-0.4, -0.2) is 64.3 Å². The Labute approximate surface area is 237 Å². The van der Waals surface area contributed by atoms with Gasteiger partial charge in [0.15, 0.2) is 15.6 Å². The van der Waals surface area contributed by atoms with Gasteiger partial charge in [-0.15, -0.1) is 13.2 Å². The lowest BCUT2D eigenvalue weighted by Crippen LogP contribution is -2.32.